The van der Waals surface area contributed by atoms with Crippen LogP contribution in [0.3, 0.4) is 0 Å². The van der Waals surface area contributed by atoms with E-state index in [1.54, 1.807) is 11.0 Å². The van der Waals surface area contributed by atoms with Crippen LogP contribution in [0.1, 0.15) is 13.8 Å². The Bertz CT molecular complexity index is 419. The van der Waals surface area contributed by atoms with Crippen LogP contribution in [-0.4, -0.2) is 20.8 Å². The minimum absolute atomic E-state index is 0.344. The van der Waals surface area contributed by atoms with E-state index < -0.39 is 0 Å². The Hall–Kier alpha value is -1.84. The standard InChI is InChI=1S/C11H14N4/c1-9(2)13-11-12-8-15(14-11)10-6-4-3-5-7-10/h3-9H,1-2H3,(H,13,14). The molecule has 1 N–H and O–H groups in total. The van der Waals surface area contributed by atoms with Crippen molar-refractivity contribution >= 4 is 5.95 Å². The third kappa shape index (κ3) is 2.34. The molecule has 0 fully saturated rings. The SMILES string of the molecule is CC(C)Nc1ncn(-c2ccccc2)n1. The molecule has 0 saturated carbocycles. The van der Waals surface area contributed by atoms with E-state index in [4.69, 9.17) is 0 Å². The van der Waals surface area contributed by atoms with Crippen LogP contribution in [0.2, 0.25) is 0 Å². The van der Waals surface area contributed by atoms with Crippen molar-refractivity contribution in [3.63, 3.8) is 0 Å². The first kappa shape index (κ1) is 9.71. The first-order valence-electron chi connectivity index (χ1n) is 4.99. The summed E-state index contributed by atoms with van der Waals surface area (Å²) >= 11 is 0. The summed E-state index contributed by atoms with van der Waals surface area (Å²) in [6, 6.07) is 10.3. The predicted molar refractivity (Wildman–Crippen MR) is 60.1 cm³/mol. The highest BCUT2D eigenvalue weighted by Crippen LogP contribution is 2.07. The first-order valence-corrected chi connectivity index (χ1v) is 4.99. The molecule has 0 atom stereocenters. The molecule has 0 aliphatic rings. The van der Waals surface area contributed by atoms with E-state index >= 15 is 0 Å². The van der Waals surface area contributed by atoms with Crippen molar-refractivity contribution in [3.05, 3.63) is 36.7 Å². The van der Waals surface area contributed by atoms with Gasteiger partial charge in [-0.1, -0.05) is 18.2 Å². The zero-order chi connectivity index (χ0) is 10.7. The lowest BCUT2D eigenvalue weighted by Gasteiger charge is -2.03. The normalized spacial score (nSPS) is 10.6. The number of nitrogens with zero attached hydrogens (tertiary/aromatic N) is 3. The fourth-order valence-electron chi connectivity index (χ4n) is 1.29. The lowest BCUT2D eigenvalue weighted by atomic mass is 10.3. The molecule has 0 spiro atoms. The Morgan fingerprint density at radius 2 is 1.93 bits per heavy atom. The van der Waals surface area contributed by atoms with E-state index in [1.807, 2.05) is 30.3 Å². The maximum Gasteiger partial charge on any atom is 0.242 e. The molecule has 0 radical (unpaired) electrons. The van der Waals surface area contributed by atoms with Crippen LogP contribution in [0.4, 0.5) is 5.95 Å². The molecular formula is C11H14N4. The van der Waals surface area contributed by atoms with Crippen LogP contribution >= 0.6 is 0 Å². The molecule has 15 heavy (non-hydrogen) atoms. The highest BCUT2D eigenvalue weighted by Gasteiger charge is 2.02. The van der Waals surface area contributed by atoms with Gasteiger partial charge in [0.1, 0.15) is 6.33 Å². The van der Waals surface area contributed by atoms with Crippen LogP contribution < -0.4 is 5.32 Å². The van der Waals surface area contributed by atoms with Crippen molar-refractivity contribution in [2.24, 2.45) is 0 Å². The first-order chi connectivity index (χ1) is 7.25. The summed E-state index contributed by atoms with van der Waals surface area (Å²) in [5.41, 5.74) is 1.02. The van der Waals surface area contributed by atoms with Gasteiger partial charge in [0, 0.05) is 6.04 Å². The quantitative estimate of drug-likeness (QED) is 0.828. The summed E-state index contributed by atoms with van der Waals surface area (Å²) in [6.07, 6.45) is 1.71. The topological polar surface area (TPSA) is 42.7 Å². The molecule has 0 unspecified atom stereocenters. The molecule has 1 aromatic carbocycles. The molecular weight excluding hydrogens is 188 g/mol. The van der Waals surface area contributed by atoms with Crippen LogP contribution in [0, 0.1) is 0 Å². The zero-order valence-electron chi connectivity index (χ0n) is 8.88. The van der Waals surface area contributed by atoms with Gasteiger partial charge in [0.25, 0.3) is 0 Å². The van der Waals surface area contributed by atoms with Gasteiger partial charge in [-0.2, -0.15) is 0 Å². The van der Waals surface area contributed by atoms with Crippen LogP contribution in [-0.2, 0) is 0 Å². The van der Waals surface area contributed by atoms with Gasteiger partial charge in [-0.3, -0.25) is 0 Å². The van der Waals surface area contributed by atoms with Gasteiger partial charge in [-0.25, -0.2) is 9.67 Å². The average Bonchev–Trinajstić information content (AvgIpc) is 2.67. The van der Waals surface area contributed by atoms with Gasteiger partial charge in [-0.05, 0) is 26.0 Å². The third-order valence-corrected chi connectivity index (χ3v) is 1.93. The van der Waals surface area contributed by atoms with E-state index in [0.29, 0.717) is 12.0 Å². The van der Waals surface area contributed by atoms with Gasteiger partial charge in [0.05, 0.1) is 5.69 Å². The summed E-state index contributed by atoms with van der Waals surface area (Å²) in [5.74, 6) is 0.661. The summed E-state index contributed by atoms with van der Waals surface area (Å²) in [4.78, 5) is 4.17. The van der Waals surface area contributed by atoms with Gasteiger partial charge in [0.2, 0.25) is 5.95 Å². The lowest BCUT2D eigenvalue weighted by molar-refractivity contribution is 0.845. The van der Waals surface area contributed by atoms with E-state index in [1.165, 1.54) is 0 Å². The average molecular weight is 202 g/mol. The highest BCUT2D eigenvalue weighted by molar-refractivity contribution is 5.32. The van der Waals surface area contributed by atoms with Crippen molar-refractivity contribution in [2.45, 2.75) is 19.9 Å². The second kappa shape index (κ2) is 4.13. The molecule has 2 aromatic rings. The Morgan fingerprint density at radius 1 is 1.20 bits per heavy atom. The van der Waals surface area contributed by atoms with E-state index in [2.05, 4.69) is 29.2 Å². The fourth-order valence-corrected chi connectivity index (χ4v) is 1.29. The monoisotopic (exact) mass is 202 g/mol. The summed E-state index contributed by atoms with van der Waals surface area (Å²) in [7, 11) is 0. The van der Waals surface area contributed by atoms with Crippen LogP contribution in [0.25, 0.3) is 5.69 Å². The number of rotatable bonds is 3. The number of nitrogens with one attached hydrogen (secondary N) is 1. The van der Waals surface area contributed by atoms with Crippen LogP contribution in [0.15, 0.2) is 36.7 Å². The number of para-hydroxylation sites is 1. The molecule has 2 rings (SSSR count). The molecule has 0 bridgehead atoms. The smallest absolute Gasteiger partial charge is 0.242 e. The Kier molecular flexibility index (Phi) is 2.67. The number of hydrogen-bond donors (Lipinski definition) is 1. The van der Waals surface area contributed by atoms with Crippen molar-refractivity contribution in [2.75, 3.05) is 5.32 Å². The Morgan fingerprint density at radius 3 is 2.60 bits per heavy atom. The minimum Gasteiger partial charge on any atom is -0.351 e. The zero-order valence-corrected chi connectivity index (χ0v) is 8.88. The van der Waals surface area contributed by atoms with E-state index in [0.717, 1.165) is 5.69 Å². The van der Waals surface area contributed by atoms with E-state index in [-0.39, 0.29) is 0 Å². The Balaban J connectivity index is 2.21. The fraction of sp³-hybridized carbons (Fsp3) is 0.273. The van der Waals surface area contributed by atoms with Crippen molar-refractivity contribution < 1.29 is 0 Å². The predicted octanol–water partition coefficient (Wildman–Crippen LogP) is 2.09. The second-order valence-electron chi connectivity index (χ2n) is 3.65. The van der Waals surface area contributed by atoms with Crippen LogP contribution in [0.5, 0.6) is 0 Å². The number of anilines is 1. The third-order valence-electron chi connectivity index (χ3n) is 1.93. The molecule has 4 nitrogen and oxygen atoms in total. The molecule has 1 heterocycles. The minimum atomic E-state index is 0.344. The molecule has 78 valence electrons. The van der Waals surface area contributed by atoms with Crippen molar-refractivity contribution in [1.82, 2.24) is 14.8 Å². The van der Waals surface area contributed by atoms with Gasteiger partial charge in [0.15, 0.2) is 0 Å². The second-order valence-corrected chi connectivity index (χ2v) is 3.65. The molecule has 0 aliphatic carbocycles. The lowest BCUT2D eigenvalue weighted by Crippen LogP contribution is -2.11. The van der Waals surface area contributed by atoms with Crippen molar-refractivity contribution in [1.29, 1.82) is 0 Å². The molecule has 4 heteroatoms. The molecule has 1 aromatic heterocycles. The summed E-state index contributed by atoms with van der Waals surface area (Å²) in [6.45, 7) is 4.12. The van der Waals surface area contributed by atoms with Gasteiger partial charge < -0.3 is 5.32 Å². The number of hydrogen-bond acceptors (Lipinski definition) is 3. The summed E-state index contributed by atoms with van der Waals surface area (Å²) in [5, 5.41) is 7.47. The molecule has 0 amide bonds. The largest absolute Gasteiger partial charge is 0.351 e. The number of aromatic nitrogens is 3. The number of benzene rings is 1. The highest BCUT2D eigenvalue weighted by atomic mass is 15.4. The van der Waals surface area contributed by atoms with Crippen molar-refractivity contribution in [3.8, 4) is 5.69 Å². The molecule has 0 aliphatic heterocycles. The van der Waals surface area contributed by atoms with E-state index in [9.17, 15) is 0 Å². The maximum atomic E-state index is 4.32. The van der Waals surface area contributed by atoms with Gasteiger partial charge >= 0.3 is 0 Å². The van der Waals surface area contributed by atoms with Gasteiger partial charge in [-0.15, -0.1) is 5.10 Å². The molecule has 0 saturated heterocycles. The maximum absolute atomic E-state index is 4.32. The summed E-state index contributed by atoms with van der Waals surface area (Å²) < 4.78 is 1.75. The Labute approximate surface area is 89.0 Å².